The second-order valence-electron chi connectivity index (χ2n) is 36.9. The van der Waals surface area contributed by atoms with Gasteiger partial charge in [-0.1, -0.05) is 376 Å². The molecule has 0 fully saturated rings. The summed E-state index contributed by atoms with van der Waals surface area (Å²) >= 11 is 0. The molecule has 0 radical (unpaired) electrons. The molecule has 0 spiro atoms. The second kappa shape index (κ2) is 36.9. The molecule has 28 rings (SSSR count). The molecule has 3 aliphatic rings. The number of hydrogen-bond donors (Lipinski definition) is 0. The van der Waals surface area contributed by atoms with Crippen LogP contribution in [0.4, 0.5) is 51.2 Å². The summed E-state index contributed by atoms with van der Waals surface area (Å²) in [5, 5.41) is 3.83. The standard InChI is InChI=1S/C50H34N2.C44H30N2.C43H29N3/c1-4-14-35(15-5-1)37-26-28-40(29-27-37)52(39-19-8-3-9-20-39)42-30-31-45-47(33-42)44-23-11-10-22-43(44)46-24-13-25-49-50(46)48(45)34-51(49)41-21-12-18-38(32-41)36-16-6-2-7-17-36;1-4-13-31(14-5-1)32-23-25-35(26-24-32)46(34-17-8-3-9-18-34)36-27-28-39-41(29-36)38-20-11-10-19-37(38)40-21-12-22-43-44(40)42(39)30-45(43)33-15-6-2-7-16-33;1-3-12-30(13-4-1)31-21-23-33(24-22-31)46(32-14-5-2-6-15-32)34-25-26-37-39(28-34)36-17-8-7-16-35(36)38-18-11-19-41-43(38)40(37)29-45(41)42-20-9-10-27-44-42/h1-34H;1-30H;1-29H. The molecular formula is C137H93N7. The van der Waals surface area contributed by atoms with Crippen molar-refractivity contribution in [3.63, 3.8) is 0 Å². The first-order chi connectivity index (χ1) is 71.5. The van der Waals surface area contributed by atoms with E-state index in [1.54, 1.807) is 0 Å². The predicted octanol–water partition coefficient (Wildman–Crippen LogP) is 37.3. The summed E-state index contributed by atoms with van der Waals surface area (Å²) in [4.78, 5) is 11.8. The van der Waals surface area contributed by atoms with Crippen molar-refractivity contribution in [3.8, 4) is 162 Å². The highest BCUT2D eigenvalue weighted by atomic mass is 15.2. The Labute approximate surface area is 837 Å². The van der Waals surface area contributed by atoms with Crippen LogP contribution in [0.2, 0.25) is 0 Å². The van der Waals surface area contributed by atoms with Crippen molar-refractivity contribution < 1.29 is 0 Å². The number of pyridine rings is 1. The Morgan fingerprint density at radius 2 is 0.375 bits per heavy atom. The highest BCUT2D eigenvalue weighted by Crippen LogP contribution is 2.56. The fourth-order valence-electron chi connectivity index (χ4n) is 21.9. The van der Waals surface area contributed by atoms with Crippen molar-refractivity contribution in [2.75, 3.05) is 14.7 Å². The number of anilines is 9. The lowest BCUT2D eigenvalue weighted by Gasteiger charge is -2.27. The van der Waals surface area contributed by atoms with Gasteiger partial charge in [-0.15, -0.1) is 0 Å². The van der Waals surface area contributed by atoms with Crippen LogP contribution in [0.15, 0.2) is 565 Å². The van der Waals surface area contributed by atoms with E-state index < -0.39 is 0 Å². The number of benzene rings is 21. The molecule has 0 saturated heterocycles. The quantitative estimate of drug-likeness (QED) is 0.0966. The van der Waals surface area contributed by atoms with Gasteiger partial charge in [0.05, 0.1) is 16.6 Å². The van der Waals surface area contributed by atoms with E-state index in [1.807, 2.05) is 18.3 Å². The summed E-state index contributed by atoms with van der Waals surface area (Å²) in [6.45, 7) is 0. The minimum Gasteiger partial charge on any atom is -0.316 e. The van der Waals surface area contributed by atoms with E-state index in [2.05, 4.69) is 575 Å². The number of fused-ring (bicyclic) bond motifs is 15. The first kappa shape index (κ1) is 85.2. The van der Waals surface area contributed by atoms with Gasteiger partial charge in [-0.25, -0.2) is 4.98 Å². The molecule has 21 aromatic carbocycles. The van der Waals surface area contributed by atoms with Gasteiger partial charge in [0.1, 0.15) is 5.82 Å². The Morgan fingerprint density at radius 1 is 0.139 bits per heavy atom. The van der Waals surface area contributed by atoms with Crippen LogP contribution in [0.1, 0.15) is 0 Å². The van der Waals surface area contributed by atoms with E-state index in [4.69, 9.17) is 4.98 Å². The Morgan fingerprint density at radius 3 is 0.715 bits per heavy atom. The third-order valence-electron chi connectivity index (χ3n) is 28.6. The summed E-state index contributed by atoms with van der Waals surface area (Å²) < 4.78 is 6.94. The maximum absolute atomic E-state index is 4.71. The molecule has 0 bridgehead atoms. The third-order valence-corrected chi connectivity index (χ3v) is 28.6. The number of para-hydroxylation sites is 4. The molecule has 25 aromatic rings. The summed E-state index contributed by atoms with van der Waals surface area (Å²) in [5.41, 5.74) is 47.9. The molecule has 4 heterocycles. The average molecular weight is 1840 g/mol. The van der Waals surface area contributed by atoms with Crippen molar-refractivity contribution in [1.82, 2.24) is 18.7 Å². The van der Waals surface area contributed by atoms with Gasteiger partial charge < -0.3 is 28.4 Å². The molecule has 4 aromatic heterocycles. The molecule has 0 atom stereocenters. The van der Waals surface area contributed by atoms with E-state index in [-0.39, 0.29) is 0 Å². The second-order valence-corrected chi connectivity index (χ2v) is 36.9. The van der Waals surface area contributed by atoms with Crippen molar-refractivity contribution >= 4 is 83.9 Å². The van der Waals surface area contributed by atoms with Crippen molar-refractivity contribution in [2.45, 2.75) is 0 Å². The van der Waals surface area contributed by atoms with Gasteiger partial charge in [-0.05, 0) is 292 Å². The van der Waals surface area contributed by atoms with E-state index in [0.717, 1.165) is 73.9 Å². The van der Waals surface area contributed by atoms with Crippen molar-refractivity contribution in [3.05, 3.63) is 565 Å². The van der Waals surface area contributed by atoms with Gasteiger partial charge in [0.2, 0.25) is 0 Å². The molecule has 0 amide bonds. The Bertz CT molecular complexity index is 8720. The fraction of sp³-hybridized carbons (Fsp3) is 0. The highest BCUT2D eigenvalue weighted by molar-refractivity contribution is 6.18. The van der Waals surface area contributed by atoms with E-state index in [9.17, 15) is 0 Å². The van der Waals surface area contributed by atoms with Gasteiger partial charge in [0, 0.05) is 120 Å². The van der Waals surface area contributed by atoms with Crippen LogP contribution in [0, 0.1) is 0 Å². The lowest BCUT2D eigenvalue weighted by molar-refractivity contribution is 1.04. The van der Waals surface area contributed by atoms with Crippen LogP contribution >= 0.6 is 0 Å². The van der Waals surface area contributed by atoms with Gasteiger partial charge in [-0.2, -0.15) is 0 Å². The van der Waals surface area contributed by atoms with Crippen LogP contribution < -0.4 is 14.7 Å². The highest BCUT2D eigenvalue weighted by Gasteiger charge is 2.32. The maximum atomic E-state index is 4.71. The third kappa shape index (κ3) is 15.5. The minimum absolute atomic E-state index is 0.914. The largest absolute Gasteiger partial charge is 0.316 e. The molecule has 0 aliphatic heterocycles. The van der Waals surface area contributed by atoms with Crippen LogP contribution in [-0.2, 0) is 0 Å². The normalized spacial score (nSPS) is 11.5. The predicted molar refractivity (Wildman–Crippen MR) is 603 cm³/mol. The van der Waals surface area contributed by atoms with Gasteiger partial charge >= 0.3 is 0 Å². The van der Waals surface area contributed by atoms with Crippen molar-refractivity contribution in [2.24, 2.45) is 0 Å². The first-order valence-corrected chi connectivity index (χ1v) is 49.3. The maximum Gasteiger partial charge on any atom is 0.137 e. The Balaban J connectivity index is 0.000000110. The summed E-state index contributed by atoms with van der Waals surface area (Å²) in [5.74, 6) is 0.914. The summed E-state index contributed by atoms with van der Waals surface area (Å²) in [7, 11) is 0. The van der Waals surface area contributed by atoms with E-state index in [0.29, 0.717) is 0 Å². The van der Waals surface area contributed by atoms with Crippen LogP contribution in [0.3, 0.4) is 0 Å². The van der Waals surface area contributed by atoms with Gasteiger partial charge in [-0.3, -0.25) is 0 Å². The monoisotopic (exact) mass is 1840 g/mol. The van der Waals surface area contributed by atoms with Crippen LogP contribution in [0.5, 0.6) is 0 Å². The Hall–Kier alpha value is -19.2. The van der Waals surface area contributed by atoms with E-state index in [1.165, 1.54) is 172 Å². The topological polar surface area (TPSA) is 37.4 Å². The summed E-state index contributed by atoms with van der Waals surface area (Å²) in [6.07, 6.45) is 8.79. The number of nitrogens with zero attached hydrogens (tertiary/aromatic N) is 7. The molecular weight excluding hydrogens is 1740 g/mol. The SMILES string of the molecule is c1ccc(-c2ccc(N(c3ccccc3)c3ccc4c(c3)-c3ccccc3-c3cccc5c3c-4cn5-c3cccc(-c4ccccc4)c3)cc2)cc1.c1ccc(-c2ccc(N(c3ccccc3)c3ccc4c(c3)-c3ccccc3-c3cccc5c3c-4cn5-c3ccccc3)cc2)cc1.c1ccc(-c2ccc(N(c3ccccc3)c3ccc4c(c3)-c3ccccc3-c3cccc5c3c-4cn5-c3ccccn3)cc2)cc1. The number of aromatic nitrogens is 4. The van der Waals surface area contributed by atoms with Crippen LogP contribution in [-0.4, -0.2) is 18.7 Å². The van der Waals surface area contributed by atoms with Gasteiger partial charge in [0.25, 0.3) is 0 Å². The number of rotatable bonds is 16. The fourth-order valence-corrected chi connectivity index (χ4v) is 21.9. The van der Waals surface area contributed by atoms with Crippen LogP contribution in [0.25, 0.3) is 195 Å². The molecule has 3 aliphatic carbocycles. The molecule has 0 unspecified atom stereocenters. The molecule has 7 heteroatoms. The molecule has 0 saturated carbocycles. The van der Waals surface area contributed by atoms with Crippen molar-refractivity contribution in [1.29, 1.82) is 0 Å². The molecule has 676 valence electrons. The zero-order valence-electron chi connectivity index (χ0n) is 78.8. The first-order valence-electron chi connectivity index (χ1n) is 49.3. The zero-order chi connectivity index (χ0) is 95.3. The smallest absolute Gasteiger partial charge is 0.137 e. The molecule has 0 N–H and O–H groups in total. The van der Waals surface area contributed by atoms with E-state index >= 15 is 0 Å². The summed E-state index contributed by atoms with van der Waals surface area (Å²) in [6, 6.07) is 194. The lowest BCUT2D eigenvalue weighted by Crippen LogP contribution is -2.10. The zero-order valence-corrected chi connectivity index (χ0v) is 78.8. The Kier molecular flexibility index (Phi) is 21.9. The minimum atomic E-state index is 0.914. The molecule has 7 nitrogen and oxygen atoms in total. The molecule has 144 heavy (non-hydrogen) atoms. The van der Waals surface area contributed by atoms with Gasteiger partial charge in [0.15, 0.2) is 0 Å². The average Bonchev–Trinajstić information content (AvgIpc) is 1.58. The lowest BCUT2D eigenvalue weighted by atomic mass is 9.93. The number of hydrogen-bond acceptors (Lipinski definition) is 4.